The van der Waals surface area contributed by atoms with E-state index in [1.165, 1.54) is 5.56 Å². The highest BCUT2D eigenvalue weighted by Crippen LogP contribution is 2.14. The maximum atomic E-state index is 4.63. The molecular formula is C13H20Cl2N4. The minimum absolute atomic E-state index is 0. The molecule has 2 heterocycles. The third-order valence-corrected chi connectivity index (χ3v) is 3.27. The molecule has 1 aliphatic rings. The van der Waals surface area contributed by atoms with Crippen LogP contribution in [0.1, 0.15) is 11.4 Å². The molecule has 0 atom stereocenters. The number of nitrogens with one attached hydrogen (secondary N) is 2. The topological polar surface area (TPSA) is 44.0 Å². The minimum atomic E-state index is 0. The van der Waals surface area contributed by atoms with Crippen molar-refractivity contribution in [3.05, 3.63) is 29.6 Å². The van der Waals surface area contributed by atoms with E-state index in [4.69, 9.17) is 0 Å². The van der Waals surface area contributed by atoms with Gasteiger partial charge in [0.2, 0.25) is 0 Å². The third kappa shape index (κ3) is 3.83. The summed E-state index contributed by atoms with van der Waals surface area (Å²) in [5.74, 6) is 1.08. The Hall–Kier alpha value is -0.810. The normalized spacial score (nSPS) is 15.8. The van der Waals surface area contributed by atoms with Crippen molar-refractivity contribution >= 4 is 35.8 Å². The lowest BCUT2D eigenvalue weighted by atomic mass is 10.2. The number of aromatic amines is 1. The van der Waals surface area contributed by atoms with Crippen LogP contribution in [-0.4, -0.2) is 41.0 Å². The van der Waals surface area contributed by atoms with Crippen LogP contribution in [0.25, 0.3) is 11.0 Å². The van der Waals surface area contributed by atoms with Gasteiger partial charge in [0.25, 0.3) is 0 Å². The summed E-state index contributed by atoms with van der Waals surface area (Å²) in [5.41, 5.74) is 3.49. The maximum Gasteiger partial charge on any atom is 0.121 e. The number of piperazine rings is 1. The molecule has 1 fully saturated rings. The molecule has 0 bridgehead atoms. The van der Waals surface area contributed by atoms with E-state index in [1.807, 2.05) is 0 Å². The van der Waals surface area contributed by atoms with Crippen LogP contribution in [0.3, 0.4) is 0 Å². The van der Waals surface area contributed by atoms with Crippen molar-refractivity contribution in [1.82, 2.24) is 20.2 Å². The van der Waals surface area contributed by atoms with Crippen molar-refractivity contribution < 1.29 is 0 Å². The molecule has 1 aliphatic heterocycles. The van der Waals surface area contributed by atoms with Crippen molar-refractivity contribution in [3.8, 4) is 0 Å². The van der Waals surface area contributed by atoms with Gasteiger partial charge >= 0.3 is 0 Å². The second-order valence-electron chi connectivity index (χ2n) is 4.73. The zero-order chi connectivity index (χ0) is 11.7. The molecule has 106 valence electrons. The Balaban J connectivity index is 0.000000902. The van der Waals surface area contributed by atoms with E-state index in [0.29, 0.717) is 0 Å². The summed E-state index contributed by atoms with van der Waals surface area (Å²) in [6.45, 7) is 7.41. The monoisotopic (exact) mass is 302 g/mol. The van der Waals surface area contributed by atoms with Gasteiger partial charge in [-0.2, -0.15) is 0 Å². The number of rotatable bonds is 2. The van der Waals surface area contributed by atoms with Crippen LogP contribution in [0.15, 0.2) is 18.2 Å². The van der Waals surface area contributed by atoms with Crippen molar-refractivity contribution in [2.24, 2.45) is 0 Å². The molecule has 0 unspecified atom stereocenters. The Kier molecular flexibility index (Phi) is 6.07. The average Bonchev–Trinajstić information content (AvgIpc) is 2.71. The van der Waals surface area contributed by atoms with Gasteiger partial charge in [-0.25, -0.2) is 4.98 Å². The standard InChI is InChI=1S/C13H18N4.2ClH/c1-10-2-3-11-12(8-10)16-13(15-11)9-17-6-4-14-5-7-17;;/h2-3,8,14H,4-7,9H2,1H3,(H,15,16);2*1H. The Morgan fingerprint density at radius 2 is 1.95 bits per heavy atom. The molecule has 19 heavy (non-hydrogen) atoms. The first kappa shape index (κ1) is 16.2. The second-order valence-corrected chi connectivity index (χ2v) is 4.73. The fraction of sp³-hybridized carbons (Fsp3) is 0.462. The van der Waals surface area contributed by atoms with Crippen LogP contribution in [0.4, 0.5) is 0 Å². The number of benzene rings is 1. The van der Waals surface area contributed by atoms with Crippen LogP contribution < -0.4 is 5.32 Å². The zero-order valence-corrected chi connectivity index (χ0v) is 12.6. The molecule has 1 saturated heterocycles. The predicted molar refractivity (Wildman–Crippen MR) is 83.5 cm³/mol. The molecule has 0 aliphatic carbocycles. The van der Waals surface area contributed by atoms with Crippen molar-refractivity contribution in [1.29, 1.82) is 0 Å². The quantitative estimate of drug-likeness (QED) is 0.893. The molecule has 0 amide bonds. The van der Waals surface area contributed by atoms with Gasteiger partial charge in [-0.05, 0) is 24.6 Å². The van der Waals surface area contributed by atoms with Gasteiger partial charge in [0, 0.05) is 26.2 Å². The lowest BCUT2D eigenvalue weighted by Crippen LogP contribution is -2.43. The van der Waals surface area contributed by atoms with E-state index in [-0.39, 0.29) is 24.8 Å². The molecule has 3 rings (SSSR count). The summed E-state index contributed by atoms with van der Waals surface area (Å²) in [4.78, 5) is 10.5. The molecule has 0 saturated carbocycles. The van der Waals surface area contributed by atoms with Crippen molar-refractivity contribution in [3.63, 3.8) is 0 Å². The van der Waals surface area contributed by atoms with Gasteiger partial charge in [0.1, 0.15) is 5.82 Å². The zero-order valence-electron chi connectivity index (χ0n) is 11.0. The number of H-pyrrole nitrogens is 1. The van der Waals surface area contributed by atoms with Crippen molar-refractivity contribution in [2.45, 2.75) is 13.5 Å². The van der Waals surface area contributed by atoms with Crippen LogP contribution in [-0.2, 0) is 6.54 Å². The predicted octanol–water partition coefficient (Wildman–Crippen LogP) is 2.12. The summed E-state index contributed by atoms with van der Waals surface area (Å²) in [6.07, 6.45) is 0. The molecule has 0 spiro atoms. The lowest BCUT2D eigenvalue weighted by Gasteiger charge is -2.26. The van der Waals surface area contributed by atoms with E-state index >= 15 is 0 Å². The van der Waals surface area contributed by atoms with E-state index in [1.54, 1.807) is 0 Å². The van der Waals surface area contributed by atoms with Crippen LogP contribution >= 0.6 is 24.8 Å². The molecule has 0 radical (unpaired) electrons. The number of imidazole rings is 1. The van der Waals surface area contributed by atoms with E-state index < -0.39 is 0 Å². The number of halogens is 2. The fourth-order valence-electron chi connectivity index (χ4n) is 2.33. The first-order valence-corrected chi connectivity index (χ1v) is 6.19. The maximum absolute atomic E-state index is 4.63. The Morgan fingerprint density at radius 3 is 2.68 bits per heavy atom. The van der Waals surface area contributed by atoms with E-state index in [2.05, 4.69) is 45.3 Å². The highest BCUT2D eigenvalue weighted by molar-refractivity contribution is 5.85. The number of hydrogen-bond acceptors (Lipinski definition) is 3. The summed E-state index contributed by atoms with van der Waals surface area (Å²) < 4.78 is 0. The molecule has 6 heteroatoms. The molecule has 2 N–H and O–H groups in total. The Morgan fingerprint density at radius 1 is 1.21 bits per heavy atom. The number of aromatic nitrogens is 2. The van der Waals surface area contributed by atoms with Crippen LogP contribution in [0.5, 0.6) is 0 Å². The first-order chi connectivity index (χ1) is 8.31. The third-order valence-electron chi connectivity index (χ3n) is 3.27. The highest BCUT2D eigenvalue weighted by atomic mass is 35.5. The van der Waals surface area contributed by atoms with E-state index in [9.17, 15) is 0 Å². The molecule has 2 aromatic rings. The molecule has 4 nitrogen and oxygen atoms in total. The summed E-state index contributed by atoms with van der Waals surface area (Å²) in [7, 11) is 0. The Labute approximate surface area is 125 Å². The van der Waals surface area contributed by atoms with Gasteiger partial charge < -0.3 is 10.3 Å². The fourth-order valence-corrected chi connectivity index (χ4v) is 2.33. The first-order valence-electron chi connectivity index (χ1n) is 6.19. The molecule has 1 aromatic heterocycles. The SMILES string of the molecule is Cc1ccc2nc(CN3CCNCC3)[nH]c2c1.Cl.Cl. The highest BCUT2D eigenvalue weighted by Gasteiger charge is 2.12. The molecule has 1 aromatic carbocycles. The lowest BCUT2D eigenvalue weighted by molar-refractivity contribution is 0.229. The number of nitrogens with zero attached hydrogens (tertiary/aromatic N) is 2. The smallest absolute Gasteiger partial charge is 0.121 e. The van der Waals surface area contributed by atoms with Crippen LogP contribution in [0, 0.1) is 6.92 Å². The summed E-state index contributed by atoms with van der Waals surface area (Å²) in [6, 6.07) is 6.35. The average molecular weight is 303 g/mol. The van der Waals surface area contributed by atoms with Crippen molar-refractivity contribution in [2.75, 3.05) is 26.2 Å². The summed E-state index contributed by atoms with van der Waals surface area (Å²) >= 11 is 0. The second kappa shape index (κ2) is 7.10. The van der Waals surface area contributed by atoms with Gasteiger partial charge in [0.15, 0.2) is 0 Å². The Bertz CT molecular complexity index is 520. The van der Waals surface area contributed by atoms with Crippen LogP contribution in [0.2, 0.25) is 0 Å². The van der Waals surface area contributed by atoms with Gasteiger partial charge in [-0.15, -0.1) is 24.8 Å². The minimum Gasteiger partial charge on any atom is -0.341 e. The number of fused-ring (bicyclic) bond motifs is 1. The number of hydrogen-bond donors (Lipinski definition) is 2. The van der Waals surface area contributed by atoms with Gasteiger partial charge in [0.05, 0.1) is 17.6 Å². The van der Waals surface area contributed by atoms with Gasteiger partial charge in [-0.3, -0.25) is 4.90 Å². The number of aryl methyl sites for hydroxylation is 1. The van der Waals surface area contributed by atoms with Gasteiger partial charge in [-0.1, -0.05) is 6.07 Å². The summed E-state index contributed by atoms with van der Waals surface area (Å²) in [5, 5.41) is 3.36. The van der Waals surface area contributed by atoms with E-state index in [0.717, 1.165) is 49.6 Å². The largest absolute Gasteiger partial charge is 0.341 e. The molecular weight excluding hydrogens is 283 g/mol.